The van der Waals surface area contributed by atoms with Gasteiger partial charge in [-0.25, -0.2) is 0 Å². The zero-order chi connectivity index (χ0) is 13.2. The van der Waals surface area contributed by atoms with Gasteiger partial charge in [0, 0.05) is 25.4 Å². The second-order valence-electron chi connectivity index (χ2n) is 6.97. The molecule has 19 heavy (non-hydrogen) atoms. The number of amides is 1. The van der Waals surface area contributed by atoms with Crippen molar-refractivity contribution in [3.63, 3.8) is 0 Å². The van der Waals surface area contributed by atoms with Gasteiger partial charge in [0.25, 0.3) is 0 Å². The third-order valence-electron chi connectivity index (χ3n) is 6.26. The monoisotopic (exact) mass is 264 g/mol. The average Bonchev–Trinajstić information content (AvgIpc) is 2.70. The summed E-state index contributed by atoms with van der Waals surface area (Å²) in [6.07, 6.45) is 7.17. The van der Waals surface area contributed by atoms with Crippen molar-refractivity contribution in [2.24, 2.45) is 11.8 Å². The number of carbonyl (C=O) groups is 1. The van der Waals surface area contributed by atoms with Crippen LogP contribution < -0.4 is 0 Å². The Kier molecular flexibility index (Phi) is 2.53. The van der Waals surface area contributed by atoms with Gasteiger partial charge < -0.3 is 4.90 Å². The van der Waals surface area contributed by atoms with Gasteiger partial charge in [-0.15, -0.1) is 0 Å². The van der Waals surface area contributed by atoms with Crippen molar-refractivity contribution in [2.45, 2.75) is 63.1 Å². The third kappa shape index (κ3) is 1.39. The third-order valence-corrected chi connectivity index (χ3v) is 6.26. The zero-order valence-corrected chi connectivity index (χ0v) is 12.0. The van der Waals surface area contributed by atoms with Crippen molar-refractivity contribution in [2.75, 3.05) is 13.6 Å². The lowest BCUT2D eigenvalue weighted by Crippen LogP contribution is -2.70. The van der Waals surface area contributed by atoms with Crippen molar-refractivity contribution in [3.8, 4) is 0 Å². The van der Waals surface area contributed by atoms with Crippen LogP contribution in [0.15, 0.2) is 0 Å². The molecule has 0 bridgehead atoms. The smallest absolute Gasteiger partial charge is 0.226 e. The standard InChI is InChI=1S/C15H24N2O2/c1-15-12-8-3-4-9-17(12)14(18)10-6-5-7-11(13(10)15)19-16(15)2/h10-13H,3-9H2,1-2H3. The van der Waals surface area contributed by atoms with E-state index in [1.165, 1.54) is 12.8 Å². The first-order valence-corrected chi connectivity index (χ1v) is 7.85. The SMILES string of the molecule is CN1OC2CCCC3C(=O)N4CCCCC4C1(C)C23. The lowest BCUT2D eigenvalue weighted by atomic mass is 9.61. The van der Waals surface area contributed by atoms with Crippen molar-refractivity contribution >= 4 is 5.91 Å². The first-order valence-electron chi connectivity index (χ1n) is 7.85. The Hall–Kier alpha value is -0.610. The fourth-order valence-electron chi connectivity index (χ4n) is 5.31. The number of hydroxylamine groups is 2. The summed E-state index contributed by atoms with van der Waals surface area (Å²) in [4.78, 5) is 21.1. The first kappa shape index (κ1) is 12.2. The van der Waals surface area contributed by atoms with E-state index < -0.39 is 0 Å². The minimum absolute atomic E-state index is 0.0318. The van der Waals surface area contributed by atoms with E-state index in [-0.39, 0.29) is 17.6 Å². The highest BCUT2D eigenvalue weighted by Gasteiger charge is 2.65. The minimum atomic E-state index is 0.0318. The maximum atomic E-state index is 12.8. The predicted molar refractivity (Wildman–Crippen MR) is 71.2 cm³/mol. The van der Waals surface area contributed by atoms with Gasteiger partial charge in [-0.3, -0.25) is 9.63 Å². The Morgan fingerprint density at radius 2 is 2.05 bits per heavy atom. The van der Waals surface area contributed by atoms with Crippen LogP contribution in [0, 0.1) is 11.8 Å². The first-order chi connectivity index (χ1) is 9.14. The average molecular weight is 264 g/mol. The van der Waals surface area contributed by atoms with E-state index in [1.54, 1.807) is 0 Å². The molecule has 4 nitrogen and oxygen atoms in total. The van der Waals surface area contributed by atoms with Crippen LogP contribution in [0.4, 0.5) is 0 Å². The van der Waals surface area contributed by atoms with Crippen molar-refractivity contribution < 1.29 is 9.63 Å². The molecule has 0 aromatic carbocycles. The highest BCUT2D eigenvalue weighted by Crippen LogP contribution is 2.54. The molecule has 1 aliphatic carbocycles. The Morgan fingerprint density at radius 3 is 2.89 bits per heavy atom. The van der Waals surface area contributed by atoms with Crippen LogP contribution in [-0.2, 0) is 9.63 Å². The van der Waals surface area contributed by atoms with Crippen LogP contribution in [-0.4, -0.2) is 47.1 Å². The van der Waals surface area contributed by atoms with Crippen LogP contribution in [0.25, 0.3) is 0 Å². The highest BCUT2D eigenvalue weighted by molar-refractivity contribution is 5.81. The fourth-order valence-corrected chi connectivity index (χ4v) is 5.31. The summed E-state index contributed by atoms with van der Waals surface area (Å²) < 4.78 is 0. The Labute approximate surface area is 115 Å². The van der Waals surface area contributed by atoms with Gasteiger partial charge in [-0.05, 0) is 45.4 Å². The molecule has 5 unspecified atom stereocenters. The predicted octanol–water partition coefficient (Wildman–Crippen LogP) is 1.80. The summed E-state index contributed by atoms with van der Waals surface area (Å²) >= 11 is 0. The zero-order valence-electron chi connectivity index (χ0n) is 12.0. The van der Waals surface area contributed by atoms with Crippen LogP contribution in [0.3, 0.4) is 0 Å². The second kappa shape index (κ2) is 3.95. The number of piperidine rings is 2. The largest absolute Gasteiger partial charge is 0.338 e. The van der Waals surface area contributed by atoms with Gasteiger partial charge in [-0.1, -0.05) is 0 Å². The van der Waals surface area contributed by atoms with Crippen molar-refractivity contribution in [1.82, 2.24) is 9.96 Å². The number of likely N-dealkylation sites (N-methyl/N-ethyl adjacent to an activating group) is 1. The molecular weight excluding hydrogens is 240 g/mol. The maximum absolute atomic E-state index is 12.8. The topological polar surface area (TPSA) is 32.8 Å². The maximum Gasteiger partial charge on any atom is 0.226 e. The molecule has 5 atom stereocenters. The fraction of sp³-hybridized carbons (Fsp3) is 0.933. The molecule has 0 N–H and O–H groups in total. The van der Waals surface area contributed by atoms with Gasteiger partial charge in [0.15, 0.2) is 0 Å². The van der Waals surface area contributed by atoms with E-state index >= 15 is 0 Å². The number of nitrogens with zero attached hydrogens (tertiary/aromatic N) is 2. The van der Waals surface area contributed by atoms with Crippen molar-refractivity contribution in [1.29, 1.82) is 0 Å². The summed E-state index contributed by atoms with van der Waals surface area (Å²) in [5.41, 5.74) is 0.0318. The number of carbonyl (C=O) groups excluding carboxylic acids is 1. The van der Waals surface area contributed by atoms with Crippen LogP contribution in [0.2, 0.25) is 0 Å². The Bertz CT molecular complexity index is 413. The van der Waals surface area contributed by atoms with Crippen molar-refractivity contribution in [3.05, 3.63) is 0 Å². The molecule has 0 spiro atoms. The minimum Gasteiger partial charge on any atom is -0.338 e. The van der Waals surface area contributed by atoms with Gasteiger partial charge in [0.1, 0.15) is 0 Å². The molecule has 0 aromatic rings. The number of rotatable bonds is 0. The molecule has 4 rings (SSSR count). The van der Waals surface area contributed by atoms with Crippen LogP contribution in [0.5, 0.6) is 0 Å². The van der Waals surface area contributed by atoms with Gasteiger partial charge in [-0.2, -0.15) is 5.06 Å². The number of fused-ring (bicyclic) bond motifs is 2. The molecule has 3 aliphatic heterocycles. The lowest BCUT2D eigenvalue weighted by Gasteiger charge is -2.56. The summed E-state index contributed by atoms with van der Waals surface area (Å²) in [6.45, 7) is 3.30. The summed E-state index contributed by atoms with van der Waals surface area (Å²) in [5.74, 6) is 1.05. The van der Waals surface area contributed by atoms with E-state index in [9.17, 15) is 4.79 Å². The molecular formula is C15H24N2O2. The van der Waals surface area contributed by atoms with E-state index in [2.05, 4.69) is 23.9 Å². The summed E-state index contributed by atoms with van der Waals surface area (Å²) in [5, 5.41) is 2.11. The van der Waals surface area contributed by atoms with Crippen LogP contribution in [0.1, 0.15) is 45.4 Å². The molecule has 0 aromatic heterocycles. The van der Waals surface area contributed by atoms with Gasteiger partial charge in [0.2, 0.25) is 5.91 Å². The number of hydrogen-bond acceptors (Lipinski definition) is 3. The Balaban J connectivity index is 1.80. The highest BCUT2D eigenvalue weighted by atomic mass is 16.7. The summed E-state index contributed by atoms with van der Waals surface area (Å²) in [7, 11) is 2.08. The molecule has 1 amide bonds. The normalized spacial score (nSPS) is 50.0. The quantitative estimate of drug-likeness (QED) is 0.669. The molecule has 0 radical (unpaired) electrons. The molecule has 106 valence electrons. The molecule has 3 saturated heterocycles. The Morgan fingerprint density at radius 1 is 1.21 bits per heavy atom. The number of hydrogen-bond donors (Lipinski definition) is 0. The van der Waals surface area contributed by atoms with Crippen LogP contribution >= 0.6 is 0 Å². The molecule has 4 heteroatoms. The molecule has 1 saturated carbocycles. The molecule has 4 fully saturated rings. The molecule has 4 aliphatic rings. The van der Waals surface area contributed by atoms with Gasteiger partial charge in [0.05, 0.1) is 17.7 Å². The van der Waals surface area contributed by atoms with E-state index in [0.717, 1.165) is 32.2 Å². The van der Waals surface area contributed by atoms with Gasteiger partial charge >= 0.3 is 0 Å². The molecule has 3 heterocycles. The van der Waals surface area contributed by atoms with E-state index in [1.807, 2.05) is 0 Å². The van der Waals surface area contributed by atoms with E-state index in [0.29, 0.717) is 17.9 Å². The summed E-state index contributed by atoms with van der Waals surface area (Å²) in [6, 6.07) is 0.364. The van der Waals surface area contributed by atoms with E-state index in [4.69, 9.17) is 4.84 Å². The lowest BCUT2D eigenvalue weighted by molar-refractivity contribution is -0.188. The second-order valence-corrected chi connectivity index (χ2v) is 6.97.